The fraction of sp³-hybridized carbons (Fsp3) is 0.483. The van der Waals surface area contributed by atoms with Crippen LogP contribution in [-0.4, -0.2) is 35.6 Å². The number of amides is 3. The minimum absolute atomic E-state index is 0.183. The van der Waals surface area contributed by atoms with E-state index >= 15 is 0 Å². The molecule has 0 atom stereocenters. The predicted molar refractivity (Wildman–Crippen MR) is 150 cm³/mol. The van der Waals surface area contributed by atoms with Crippen LogP contribution in [0.2, 0.25) is 0 Å². The molecule has 0 spiro atoms. The Labute approximate surface area is 218 Å². The van der Waals surface area contributed by atoms with Crippen molar-refractivity contribution in [3.8, 4) is 0 Å². The summed E-state index contributed by atoms with van der Waals surface area (Å²) in [5.74, 6) is -0.574. The molecule has 0 bridgehead atoms. The maximum atomic E-state index is 12.0. The number of carbonyl (C=O) groups excluding carboxylic acids is 3. The van der Waals surface area contributed by atoms with Gasteiger partial charge in [0.2, 0.25) is 5.91 Å². The summed E-state index contributed by atoms with van der Waals surface area (Å²) in [6.07, 6.45) is -0.656. The smallest absolute Gasteiger partial charge is 0.408 e. The number of hydrogen-bond donors (Lipinski definition) is 3. The second-order valence-electron chi connectivity index (χ2n) is 9.34. The molecule has 202 valence electrons. The number of rotatable bonds is 4. The van der Waals surface area contributed by atoms with Gasteiger partial charge in [-0.3, -0.25) is 9.59 Å². The highest BCUT2D eigenvalue weighted by atomic mass is 16.6. The normalized spacial score (nSPS) is 9.97. The summed E-state index contributed by atoms with van der Waals surface area (Å²) in [6.45, 7) is 20.8. The van der Waals surface area contributed by atoms with Crippen LogP contribution in [-0.2, 0) is 9.53 Å². The molecule has 2 aromatic rings. The van der Waals surface area contributed by atoms with E-state index in [1.807, 2.05) is 66.7 Å². The van der Waals surface area contributed by atoms with Crippen LogP contribution in [0.25, 0.3) is 0 Å². The summed E-state index contributed by atoms with van der Waals surface area (Å²) >= 11 is 0. The molecule has 0 heterocycles. The molecule has 0 saturated carbocycles. The third-order valence-electron chi connectivity index (χ3n) is 3.65. The molecule has 0 aliphatic carbocycles. The minimum atomic E-state index is -0.656. The molecule has 3 amide bonds. The molecule has 7 heteroatoms. The number of benzene rings is 2. The van der Waals surface area contributed by atoms with Crippen LogP contribution >= 0.6 is 0 Å². The topological polar surface area (TPSA) is 96.5 Å². The molecule has 0 aliphatic rings. The number of aryl methyl sites for hydroxylation is 1. The first-order chi connectivity index (χ1) is 16.7. The monoisotopic (exact) mass is 501 g/mol. The van der Waals surface area contributed by atoms with Gasteiger partial charge >= 0.3 is 6.09 Å². The number of alkyl carbamates (subject to hydrolysis) is 1. The van der Waals surface area contributed by atoms with E-state index in [9.17, 15) is 14.4 Å². The first-order valence-corrected chi connectivity index (χ1v) is 12.5. The van der Waals surface area contributed by atoms with E-state index < -0.39 is 17.6 Å². The molecule has 36 heavy (non-hydrogen) atoms. The van der Waals surface area contributed by atoms with Gasteiger partial charge in [0.25, 0.3) is 5.91 Å². The highest BCUT2D eigenvalue weighted by Gasteiger charge is 2.17. The van der Waals surface area contributed by atoms with E-state index in [-0.39, 0.29) is 18.0 Å². The van der Waals surface area contributed by atoms with Gasteiger partial charge in [-0.1, -0.05) is 63.6 Å². The Bertz CT molecular complexity index is 881. The highest BCUT2D eigenvalue weighted by Crippen LogP contribution is 2.11. The average Bonchev–Trinajstić information content (AvgIpc) is 2.80. The molecule has 2 rings (SSSR count). The van der Waals surface area contributed by atoms with Gasteiger partial charge in [0.05, 0.1) is 0 Å². The van der Waals surface area contributed by atoms with Crippen molar-refractivity contribution in [3.63, 3.8) is 0 Å². The maximum absolute atomic E-state index is 12.0. The second-order valence-corrected chi connectivity index (χ2v) is 9.34. The summed E-state index contributed by atoms with van der Waals surface area (Å²) in [6, 6.07) is 16.8. The third kappa shape index (κ3) is 19.0. The van der Waals surface area contributed by atoms with E-state index in [1.165, 1.54) is 5.56 Å². The number of ether oxygens (including phenoxy) is 1. The van der Waals surface area contributed by atoms with Crippen LogP contribution in [0.4, 0.5) is 10.5 Å². The highest BCUT2D eigenvalue weighted by molar-refractivity contribution is 5.97. The molecule has 0 radical (unpaired) electrons. The summed E-state index contributed by atoms with van der Waals surface area (Å²) in [7, 11) is 0. The van der Waals surface area contributed by atoms with Crippen LogP contribution in [0, 0.1) is 6.92 Å². The van der Waals surface area contributed by atoms with Crippen molar-refractivity contribution in [2.24, 2.45) is 0 Å². The quantitative estimate of drug-likeness (QED) is 0.433. The van der Waals surface area contributed by atoms with E-state index in [2.05, 4.69) is 35.0 Å². The summed E-state index contributed by atoms with van der Waals surface area (Å²) in [5, 5.41) is 7.87. The molecule has 0 aromatic heterocycles. The first kappa shape index (κ1) is 34.8. The Morgan fingerprint density at radius 2 is 1.28 bits per heavy atom. The molecule has 0 aliphatic heterocycles. The Hall–Kier alpha value is -3.35. The molecule has 0 fully saturated rings. The SMILES string of the molecule is CC.CC.CC(C)(C)NC(=O)c1ccc(NC(=O)CNC(=O)OC(C)(C)C)cc1.Cc1ccccc1. The van der Waals surface area contributed by atoms with Crippen molar-refractivity contribution in [2.75, 3.05) is 11.9 Å². The molecule has 7 nitrogen and oxygen atoms in total. The molecule has 0 saturated heterocycles. The number of carbonyl (C=O) groups is 3. The Balaban J connectivity index is 0. The number of anilines is 1. The van der Waals surface area contributed by atoms with Gasteiger partial charge in [0.15, 0.2) is 0 Å². The van der Waals surface area contributed by atoms with Gasteiger partial charge in [0, 0.05) is 16.8 Å². The lowest BCUT2D eigenvalue weighted by Crippen LogP contribution is -2.40. The zero-order chi connectivity index (χ0) is 28.4. The van der Waals surface area contributed by atoms with E-state index in [1.54, 1.807) is 45.0 Å². The van der Waals surface area contributed by atoms with Crippen molar-refractivity contribution in [2.45, 2.75) is 87.3 Å². The summed E-state index contributed by atoms with van der Waals surface area (Å²) in [5.41, 5.74) is 1.41. The van der Waals surface area contributed by atoms with E-state index in [4.69, 9.17) is 4.74 Å². The lowest BCUT2D eigenvalue weighted by atomic mass is 10.1. The zero-order valence-electron chi connectivity index (χ0n) is 24.0. The number of hydrogen-bond acceptors (Lipinski definition) is 4. The van der Waals surface area contributed by atoms with Gasteiger partial charge < -0.3 is 20.7 Å². The lowest BCUT2D eigenvalue weighted by Gasteiger charge is -2.20. The van der Waals surface area contributed by atoms with Gasteiger partial charge in [-0.2, -0.15) is 0 Å². The van der Waals surface area contributed by atoms with Gasteiger partial charge in [-0.05, 0) is 72.7 Å². The third-order valence-corrected chi connectivity index (χ3v) is 3.65. The molecule has 0 unspecified atom stereocenters. The summed E-state index contributed by atoms with van der Waals surface area (Å²) < 4.78 is 5.05. The van der Waals surface area contributed by atoms with Crippen LogP contribution in [0.5, 0.6) is 0 Å². The lowest BCUT2D eigenvalue weighted by molar-refractivity contribution is -0.115. The fourth-order valence-corrected chi connectivity index (χ4v) is 2.32. The first-order valence-electron chi connectivity index (χ1n) is 12.5. The van der Waals surface area contributed by atoms with Crippen molar-refractivity contribution in [1.82, 2.24) is 10.6 Å². The van der Waals surface area contributed by atoms with Crippen LogP contribution in [0.3, 0.4) is 0 Å². The van der Waals surface area contributed by atoms with E-state index in [0.717, 1.165) is 0 Å². The summed E-state index contributed by atoms with van der Waals surface area (Å²) in [4.78, 5) is 35.3. The standard InChI is InChI=1S/C18H27N3O4.C7H8.2C2H6/c1-17(2,3)21-15(23)12-7-9-13(10-8-12)20-14(22)11-19-16(24)25-18(4,5)6;1-7-5-3-2-4-6-7;2*1-2/h7-10H,11H2,1-6H3,(H,19,24)(H,20,22)(H,21,23);2-6H,1H3;2*1-2H3. The molecular formula is C29H47N3O4. The van der Waals surface area contributed by atoms with Crippen LogP contribution in [0.15, 0.2) is 54.6 Å². The fourth-order valence-electron chi connectivity index (χ4n) is 2.32. The molecule has 2 aromatic carbocycles. The largest absolute Gasteiger partial charge is 0.444 e. The van der Waals surface area contributed by atoms with Crippen molar-refractivity contribution < 1.29 is 19.1 Å². The Morgan fingerprint density at radius 3 is 1.67 bits per heavy atom. The van der Waals surface area contributed by atoms with E-state index in [0.29, 0.717) is 11.3 Å². The van der Waals surface area contributed by atoms with Crippen molar-refractivity contribution in [3.05, 3.63) is 65.7 Å². The number of nitrogens with one attached hydrogen (secondary N) is 3. The molecule has 3 N–H and O–H groups in total. The molecular weight excluding hydrogens is 454 g/mol. The van der Waals surface area contributed by atoms with Gasteiger partial charge in [-0.25, -0.2) is 4.79 Å². The Kier molecular flexibility index (Phi) is 17.4. The van der Waals surface area contributed by atoms with Crippen molar-refractivity contribution in [1.29, 1.82) is 0 Å². The van der Waals surface area contributed by atoms with Gasteiger partial charge in [-0.15, -0.1) is 0 Å². The van der Waals surface area contributed by atoms with Gasteiger partial charge in [0.1, 0.15) is 12.1 Å². The van der Waals surface area contributed by atoms with Crippen LogP contribution < -0.4 is 16.0 Å². The second kappa shape index (κ2) is 18.0. The Morgan fingerprint density at radius 1 is 0.778 bits per heavy atom. The van der Waals surface area contributed by atoms with Crippen LogP contribution in [0.1, 0.15) is 85.2 Å². The van der Waals surface area contributed by atoms with Crippen molar-refractivity contribution >= 4 is 23.6 Å². The minimum Gasteiger partial charge on any atom is -0.444 e. The maximum Gasteiger partial charge on any atom is 0.408 e. The zero-order valence-corrected chi connectivity index (χ0v) is 24.0. The predicted octanol–water partition coefficient (Wildman–Crippen LogP) is 6.73. The average molecular weight is 502 g/mol.